The van der Waals surface area contributed by atoms with Crippen molar-refractivity contribution in [3.63, 3.8) is 0 Å². The normalized spacial score (nSPS) is 10.3. The van der Waals surface area contributed by atoms with Crippen molar-refractivity contribution >= 4 is 45.6 Å². The van der Waals surface area contributed by atoms with Gasteiger partial charge in [0.2, 0.25) is 11.6 Å². The number of carbonyl (C=O) groups excluding carboxylic acids is 2. The van der Waals surface area contributed by atoms with Crippen LogP contribution in [0.1, 0.15) is 6.92 Å². The molecule has 0 bridgehead atoms. The fourth-order valence-electron chi connectivity index (χ4n) is 3.53. The van der Waals surface area contributed by atoms with Crippen LogP contribution in [0, 0.1) is 6.57 Å². The zero-order valence-electron chi connectivity index (χ0n) is 20.8. The Balaban J connectivity index is 1.41. The van der Waals surface area contributed by atoms with Crippen LogP contribution in [-0.2, 0) is 9.53 Å². The minimum absolute atomic E-state index is 0.168. The number of rotatable bonds is 9. The topological polar surface area (TPSA) is 115 Å². The summed E-state index contributed by atoms with van der Waals surface area (Å²) in [5.74, 6) is 1.34. The summed E-state index contributed by atoms with van der Waals surface area (Å²) in [4.78, 5) is 31.4. The number of hydrogen-bond donors (Lipinski definition) is 3. The van der Waals surface area contributed by atoms with Crippen LogP contribution in [0.3, 0.4) is 0 Å². The maximum Gasteiger partial charge on any atom is 0.323 e. The summed E-state index contributed by atoms with van der Waals surface area (Å²) < 4.78 is 16.7. The quantitative estimate of drug-likeness (QED) is 0.182. The molecule has 4 aromatic rings. The molecule has 4 rings (SSSR count). The van der Waals surface area contributed by atoms with Gasteiger partial charge in [0, 0.05) is 42.7 Å². The van der Waals surface area contributed by atoms with E-state index in [9.17, 15) is 9.59 Å². The molecular formula is C28H25N5O5. The molecule has 0 saturated carbocycles. The number of pyridine rings is 1. The van der Waals surface area contributed by atoms with E-state index in [-0.39, 0.29) is 5.91 Å². The first-order chi connectivity index (χ1) is 18.4. The van der Waals surface area contributed by atoms with Crippen molar-refractivity contribution < 1.29 is 23.8 Å². The molecule has 10 heteroatoms. The lowest BCUT2D eigenvalue weighted by molar-refractivity contribution is -0.114. The van der Waals surface area contributed by atoms with Gasteiger partial charge in [-0.2, -0.15) is 0 Å². The van der Waals surface area contributed by atoms with Crippen molar-refractivity contribution in [1.82, 2.24) is 4.98 Å². The number of fused-ring (bicyclic) bond motifs is 1. The molecule has 0 fully saturated rings. The van der Waals surface area contributed by atoms with Crippen LogP contribution in [0.25, 0.3) is 15.7 Å². The van der Waals surface area contributed by atoms with E-state index in [1.165, 1.54) is 6.92 Å². The first-order valence-corrected chi connectivity index (χ1v) is 11.6. The number of benzene rings is 3. The first-order valence-electron chi connectivity index (χ1n) is 11.6. The van der Waals surface area contributed by atoms with Crippen molar-refractivity contribution in [2.45, 2.75) is 6.92 Å². The Kier molecular flexibility index (Phi) is 8.33. The third kappa shape index (κ3) is 6.75. The Hall–Kier alpha value is -5.14. The SMILES string of the molecule is [C-]#[N+]c1cc2c(Oc3ccc(NC(=O)Nc4ccc(NC(C)=O)cc4)cc3)ccnc2cc1OCCOC. The number of ether oxygens (including phenoxy) is 3. The molecule has 0 atom stereocenters. The molecule has 0 aliphatic heterocycles. The lowest BCUT2D eigenvalue weighted by Gasteiger charge is -2.13. The van der Waals surface area contributed by atoms with E-state index < -0.39 is 6.03 Å². The molecule has 0 saturated heterocycles. The molecule has 0 radical (unpaired) electrons. The number of aromatic nitrogens is 1. The Labute approximate surface area is 219 Å². The Morgan fingerprint density at radius 2 is 1.50 bits per heavy atom. The largest absolute Gasteiger partial charge is 0.502 e. The van der Waals surface area contributed by atoms with Gasteiger partial charge in [-0.25, -0.2) is 9.64 Å². The average Bonchev–Trinajstić information content (AvgIpc) is 2.90. The van der Waals surface area contributed by atoms with Crippen LogP contribution < -0.4 is 25.4 Å². The van der Waals surface area contributed by atoms with Crippen molar-refractivity contribution in [1.29, 1.82) is 0 Å². The van der Waals surface area contributed by atoms with Crippen molar-refractivity contribution in [3.8, 4) is 17.2 Å². The monoisotopic (exact) mass is 511 g/mol. The molecule has 3 amide bonds. The third-order valence-corrected chi connectivity index (χ3v) is 5.25. The predicted molar refractivity (Wildman–Crippen MR) is 145 cm³/mol. The number of anilines is 3. The highest BCUT2D eigenvalue weighted by molar-refractivity contribution is 6.00. The molecule has 10 nitrogen and oxygen atoms in total. The van der Waals surface area contributed by atoms with Crippen LogP contribution in [0.5, 0.6) is 17.2 Å². The van der Waals surface area contributed by atoms with Gasteiger partial charge in [-0.15, -0.1) is 0 Å². The number of nitrogens with zero attached hydrogens (tertiary/aromatic N) is 2. The summed E-state index contributed by atoms with van der Waals surface area (Å²) in [6, 6.07) is 18.4. The number of urea groups is 1. The van der Waals surface area contributed by atoms with Crippen molar-refractivity contribution in [2.75, 3.05) is 36.3 Å². The lowest BCUT2D eigenvalue weighted by atomic mass is 10.1. The van der Waals surface area contributed by atoms with Gasteiger partial charge in [-0.3, -0.25) is 9.78 Å². The number of amides is 3. The van der Waals surface area contributed by atoms with E-state index in [0.717, 1.165) is 0 Å². The van der Waals surface area contributed by atoms with Gasteiger partial charge in [-0.05, 0) is 66.7 Å². The summed E-state index contributed by atoms with van der Waals surface area (Å²) in [7, 11) is 1.58. The standard InChI is InChI=1S/C28H25N5O5/c1-18(34)31-19-4-6-20(7-5-19)32-28(35)33-21-8-10-22(11-9-21)38-26-12-13-30-24-17-27(37-15-14-36-3)25(29-2)16-23(24)26/h4-13,16-17H,14-15H2,1,3H3,(H,31,34)(H2,32,33,35). The van der Waals surface area contributed by atoms with E-state index in [0.29, 0.717) is 64.1 Å². The molecule has 0 spiro atoms. The van der Waals surface area contributed by atoms with E-state index in [2.05, 4.69) is 25.8 Å². The van der Waals surface area contributed by atoms with Crippen LogP contribution in [0.15, 0.2) is 72.9 Å². The zero-order valence-corrected chi connectivity index (χ0v) is 20.8. The van der Waals surface area contributed by atoms with E-state index >= 15 is 0 Å². The Morgan fingerprint density at radius 3 is 2.11 bits per heavy atom. The highest BCUT2D eigenvalue weighted by Crippen LogP contribution is 2.37. The fraction of sp³-hybridized carbons (Fsp3) is 0.143. The zero-order chi connectivity index (χ0) is 26.9. The average molecular weight is 512 g/mol. The molecule has 3 N–H and O–H groups in total. The Bertz CT molecular complexity index is 1480. The molecular weight excluding hydrogens is 486 g/mol. The summed E-state index contributed by atoms with van der Waals surface area (Å²) in [6.07, 6.45) is 1.62. The Morgan fingerprint density at radius 1 is 0.868 bits per heavy atom. The second kappa shape index (κ2) is 12.2. The maximum absolute atomic E-state index is 12.4. The number of carbonyl (C=O) groups is 2. The van der Waals surface area contributed by atoms with Gasteiger partial charge in [0.25, 0.3) is 0 Å². The molecule has 0 aliphatic carbocycles. The smallest absolute Gasteiger partial charge is 0.323 e. The maximum atomic E-state index is 12.4. The second-order valence-electron chi connectivity index (χ2n) is 8.06. The van der Waals surface area contributed by atoms with E-state index in [1.807, 2.05) is 0 Å². The number of methoxy groups -OCH3 is 1. The van der Waals surface area contributed by atoms with Gasteiger partial charge in [0.1, 0.15) is 23.9 Å². The van der Waals surface area contributed by atoms with Crippen molar-refractivity contribution in [3.05, 3.63) is 84.3 Å². The molecule has 192 valence electrons. The molecule has 38 heavy (non-hydrogen) atoms. The van der Waals surface area contributed by atoms with Crippen LogP contribution >= 0.6 is 0 Å². The van der Waals surface area contributed by atoms with Gasteiger partial charge < -0.3 is 30.2 Å². The van der Waals surface area contributed by atoms with Gasteiger partial charge in [0.15, 0.2) is 0 Å². The predicted octanol–water partition coefficient (Wildman–Crippen LogP) is 6.21. The van der Waals surface area contributed by atoms with Gasteiger partial charge >= 0.3 is 6.03 Å². The molecule has 1 heterocycles. The third-order valence-electron chi connectivity index (χ3n) is 5.25. The second-order valence-corrected chi connectivity index (χ2v) is 8.06. The summed E-state index contributed by atoms with van der Waals surface area (Å²) in [5, 5.41) is 8.83. The minimum Gasteiger partial charge on any atom is -0.502 e. The van der Waals surface area contributed by atoms with Gasteiger partial charge in [-0.1, -0.05) is 0 Å². The summed E-state index contributed by atoms with van der Waals surface area (Å²) in [5.41, 5.74) is 2.76. The van der Waals surface area contributed by atoms with Gasteiger partial charge in [0.05, 0.1) is 18.7 Å². The van der Waals surface area contributed by atoms with Crippen LogP contribution in [0.4, 0.5) is 27.5 Å². The van der Waals surface area contributed by atoms with Crippen molar-refractivity contribution in [2.24, 2.45) is 0 Å². The van der Waals surface area contributed by atoms with Crippen LogP contribution in [0.2, 0.25) is 0 Å². The lowest BCUT2D eigenvalue weighted by Crippen LogP contribution is -2.19. The minimum atomic E-state index is -0.415. The highest BCUT2D eigenvalue weighted by atomic mass is 16.5. The van der Waals surface area contributed by atoms with E-state index in [4.69, 9.17) is 20.8 Å². The van der Waals surface area contributed by atoms with E-state index in [1.54, 1.807) is 80.0 Å². The summed E-state index contributed by atoms with van der Waals surface area (Å²) in [6.45, 7) is 9.67. The molecule has 0 unspecified atom stereocenters. The van der Waals surface area contributed by atoms with Crippen LogP contribution in [-0.4, -0.2) is 37.2 Å². The molecule has 3 aromatic carbocycles. The number of hydrogen-bond acceptors (Lipinski definition) is 6. The number of nitrogens with one attached hydrogen (secondary N) is 3. The molecule has 0 aliphatic rings. The summed E-state index contributed by atoms with van der Waals surface area (Å²) >= 11 is 0. The highest BCUT2D eigenvalue weighted by Gasteiger charge is 2.12. The fourth-order valence-corrected chi connectivity index (χ4v) is 3.53. The molecule has 1 aromatic heterocycles. The first kappa shape index (κ1) is 25.9.